The van der Waals surface area contributed by atoms with E-state index in [0.717, 1.165) is 0 Å². The molecule has 1 N–H and O–H groups in total. The first kappa shape index (κ1) is 17.0. The Kier molecular flexibility index (Phi) is 7.01. The van der Waals surface area contributed by atoms with Gasteiger partial charge in [-0.2, -0.15) is 0 Å². The summed E-state index contributed by atoms with van der Waals surface area (Å²) in [5.41, 5.74) is -0.203. The van der Waals surface area contributed by atoms with Crippen LogP contribution in [0.15, 0.2) is 6.20 Å². The van der Waals surface area contributed by atoms with Crippen molar-refractivity contribution in [1.29, 1.82) is 0 Å². The highest BCUT2D eigenvalue weighted by Gasteiger charge is 2.19. The van der Waals surface area contributed by atoms with Gasteiger partial charge in [-0.05, 0) is 0 Å². The van der Waals surface area contributed by atoms with Crippen molar-refractivity contribution < 1.29 is 19.1 Å². The number of nitrogens with zero attached hydrogens (tertiary/aromatic N) is 1. The van der Waals surface area contributed by atoms with Gasteiger partial charge in [-0.25, -0.2) is 9.78 Å². The molecule has 0 fully saturated rings. The Hall–Kier alpha value is -1.08. The highest BCUT2D eigenvalue weighted by Crippen LogP contribution is 2.31. The molecule has 1 amide bonds. The molecule has 0 aliphatic heterocycles. The van der Waals surface area contributed by atoms with Gasteiger partial charge < -0.3 is 14.8 Å². The molecule has 0 unspecified atom stereocenters. The second-order valence-electron chi connectivity index (χ2n) is 3.50. The van der Waals surface area contributed by atoms with Crippen molar-refractivity contribution in [3.05, 3.63) is 27.0 Å². The molecule has 1 aromatic heterocycles. The predicted octanol–water partition coefficient (Wildman–Crippen LogP) is 1.96. The lowest BCUT2D eigenvalue weighted by Crippen LogP contribution is -2.31. The van der Waals surface area contributed by atoms with Crippen molar-refractivity contribution in [3.8, 4) is 0 Å². The number of carbonyl (C=O) groups is 2. The topological polar surface area (TPSA) is 77.5 Å². The zero-order valence-electron chi connectivity index (χ0n) is 10.4. The summed E-state index contributed by atoms with van der Waals surface area (Å²) in [6.07, 6.45) is 1.17. The summed E-state index contributed by atoms with van der Waals surface area (Å²) >= 11 is 17.3. The molecule has 0 aliphatic rings. The van der Waals surface area contributed by atoms with Crippen LogP contribution in [0, 0.1) is 0 Å². The van der Waals surface area contributed by atoms with E-state index in [4.69, 9.17) is 44.3 Å². The number of aromatic nitrogens is 1. The van der Waals surface area contributed by atoms with E-state index in [0.29, 0.717) is 13.2 Å². The molecule has 0 aromatic carbocycles. The second kappa shape index (κ2) is 8.26. The number of rotatable bonds is 6. The van der Waals surface area contributed by atoms with E-state index in [1.165, 1.54) is 13.3 Å². The standard InChI is InChI=1S/C11H11Cl3N2O4/c1-19-3-2-15-7(17)5-20-11(18)10-9(14)8(13)6(12)4-16-10/h4H,2-3,5H2,1H3,(H,15,17). The molecule has 0 aliphatic carbocycles. The normalized spacial score (nSPS) is 10.2. The molecule has 0 atom stereocenters. The first-order valence-electron chi connectivity index (χ1n) is 5.39. The number of nitrogens with one attached hydrogen (secondary N) is 1. The highest BCUT2D eigenvalue weighted by molar-refractivity contribution is 6.48. The Morgan fingerprint density at radius 3 is 2.65 bits per heavy atom. The van der Waals surface area contributed by atoms with E-state index in [2.05, 4.69) is 10.3 Å². The summed E-state index contributed by atoms with van der Waals surface area (Å²) in [6, 6.07) is 0. The maximum atomic E-state index is 11.7. The molecule has 0 bridgehead atoms. The summed E-state index contributed by atoms with van der Waals surface area (Å²) in [4.78, 5) is 26.7. The summed E-state index contributed by atoms with van der Waals surface area (Å²) in [5, 5.41) is 2.48. The van der Waals surface area contributed by atoms with Crippen LogP contribution in [0.4, 0.5) is 0 Å². The lowest BCUT2D eigenvalue weighted by molar-refractivity contribution is -0.124. The zero-order chi connectivity index (χ0) is 15.1. The first-order valence-corrected chi connectivity index (χ1v) is 6.53. The largest absolute Gasteiger partial charge is 0.451 e. The first-order chi connectivity index (χ1) is 9.47. The average molecular weight is 342 g/mol. The third-order valence-corrected chi connectivity index (χ3v) is 3.31. The van der Waals surface area contributed by atoms with E-state index in [9.17, 15) is 9.59 Å². The monoisotopic (exact) mass is 340 g/mol. The minimum Gasteiger partial charge on any atom is -0.451 e. The number of ether oxygens (including phenoxy) is 2. The van der Waals surface area contributed by atoms with Crippen LogP contribution in [0.2, 0.25) is 15.1 Å². The second-order valence-corrected chi connectivity index (χ2v) is 4.66. The van der Waals surface area contributed by atoms with Gasteiger partial charge in [0.15, 0.2) is 12.3 Å². The van der Waals surface area contributed by atoms with Gasteiger partial charge in [-0.1, -0.05) is 34.8 Å². The van der Waals surface area contributed by atoms with E-state index in [1.54, 1.807) is 0 Å². The molecule has 0 radical (unpaired) electrons. The van der Waals surface area contributed by atoms with Gasteiger partial charge in [-0.15, -0.1) is 0 Å². The Balaban J connectivity index is 2.55. The molecular formula is C11H11Cl3N2O4. The molecule has 110 valence electrons. The number of hydrogen-bond donors (Lipinski definition) is 1. The summed E-state index contributed by atoms with van der Waals surface area (Å²) < 4.78 is 9.51. The van der Waals surface area contributed by atoms with Crippen LogP contribution in [-0.4, -0.2) is 43.7 Å². The fourth-order valence-corrected chi connectivity index (χ4v) is 1.69. The Bertz CT molecular complexity index is 511. The predicted molar refractivity (Wildman–Crippen MR) is 74.4 cm³/mol. The van der Waals surface area contributed by atoms with Gasteiger partial charge in [0.25, 0.3) is 5.91 Å². The van der Waals surface area contributed by atoms with Gasteiger partial charge in [0.2, 0.25) is 0 Å². The molecule has 6 nitrogen and oxygen atoms in total. The van der Waals surface area contributed by atoms with Gasteiger partial charge >= 0.3 is 5.97 Å². The van der Waals surface area contributed by atoms with Crippen LogP contribution in [0.3, 0.4) is 0 Å². The Labute approximate surface area is 130 Å². The van der Waals surface area contributed by atoms with Crippen molar-refractivity contribution in [3.63, 3.8) is 0 Å². The van der Waals surface area contributed by atoms with Gasteiger partial charge in [-0.3, -0.25) is 4.79 Å². The van der Waals surface area contributed by atoms with Crippen molar-refractivity contribution in [2.24, 2.45) is 0 Å². The summed E-state index contributed by atoms with van der Waals surface area (Å²) in [7, 11) is 1.50. The molecule has 0 saturated heterocycles. The number of amides is 1. The molecule has 1 heterocycles. The van der Waals surface area contributed by atoms with E-state index in [-0.39, 0.29) is 20.8 Å². The van der Waals surface area contributed by atoms with Crippen LogP contribution >= 0.6 is 34.8 Å². The minimum atomic E-state index is -0.865. The molecule has 1 rings (SSSR count). The quantitative estimate of drug-likeness (QED) is 0.632. The molecule has 9 heteroatoms. The molecule has 0 spiro atoms. The number of pyridine rings is 1. The van der Waals surface area contributed by atoms with Crippen LogP contribution in [0.1, 0.15) is 10.5 Å². The summed E-state index contributed by atoms with van der Waals surface area (Å²) in [6.45, 7) is 0.222. The van der Waals surface area contributed by atoms with Crippen LogP contribution in [0.5, 0.6) is 0 Å². The Morgan fingerprint density at radius 1 is 1.30 bits per heavy atom. The molecular weight excluding hydrogens is 330 g/mol. The highest BCUT2D eigenvalue weighted by atomic mass is 35.5. The fourth-order valence-electron chi connectivity index (χ4n) is 1.13. The van der Waals surface area contributed by atoms with E-state index in [1.807, 2.05) is 0 Å². The number of carbonyl (C=O) groups excluding carboxylic acids is 2. The van der Waals surface area contributed by atoms with E-state index >= 15 is 0 Å². The van der Waals surface area contributed by atoms with E-state index < -0.39 is 18.5 Å². The average Bonchev–Trinajstić information content (AvgIpc) is 2.42. The van der Waals surface area contributed by atoms with Gasteiger partial charge in [0.05, 0.1) is 21.7 Å². The zero-order valence-corrected chi connectivity index (χ0v) is 12.7. The number of hydrogen-bond acceptors (Lipinski definition) is 5. The molecule has 20 heavy (non-hydrogen) atoms. The third kappa shape index (κ3) is 4.79. The third-order valence-electron chi connectivity index (χ3n) is 2.07. The van der Waals surface area contributed by atoms with Crippen molar-refractivity contribution in [1.82, 2.24) is 10.3 Å². The van der Waals surface area contributed by atoms with Crippen molar-refractivity contribution in [2.45, 2.75) is 0 Å². The molecule has 0 saturated carbocycles. The maximum Gasteiger partial charge on any atom is 0.359 e. The number of halogens is 3. The minimum absolute atomic E-state index is 0.000158. The van der Waals surface area contributed by atoms with Gasteiger partial charge in [0, 0.05) is 19.9 Å². The number of esters is 1. The maximum absolute atomic E-state index is 11.7. The fraction of sp³-hybridized carbons (Fsp3) is 0.364. The summed E-state index contributed by atoms with van der Waals surface area (Å²) in [5.74, 6) is -1.33. The SMILES string of the molecule is COCCNC(=O)COC(=O)c1ncc(Cl)c(Cl)c1Cl. The van der Waals surface area contributed by atoms with Gasteiger partial charge in [0.1, 0.15) is 0 Å². The Morgan fingerprint density at radius 2 is 2.00 bits per heavy atom. The lowest BCUT2D eigenvalue weighted by Gasteiger charge is -2.07. The molecule has 1 aromatic rings. The lowest BCUT2D eigenvalue weighted by atomic mass is 10.3. The van der Waals surface area contributed by atoms with Crippen LogP contribution < -0.4 is 5.32 Å². The van der Waals surface area contributed by atoms with Crippen molar-refractivity contribution in [2.75, 3.05) is 26.9 Å². The smallest absolute Gasteiger partial charge is 0.359 e. The number of methoxy groups -OCH3 is 1. The van der Waals surface area contributed by atoms with Crippen molar-refractivity contribution >= 4 is 46.7 Å². The van der Waals surface area contributed by atoms with Crippen LogP contribution in [0.25, 0.3) is 0 Å². The van der Waals surface area contributed by atoms with Crippen LogP contribution in [-0.2, 0) is 14.3 Å².